The van der Waals surface area contributed by atoms with E-state index in [1.807, 2.05) is 0 Å². The number of ether oxygens (including phenoxy) is 1. The molecular weight excluding hydrogens is 310 g/mol. The molecule has 2 aromatic rings. The fourth-order valence-corrected chi connectivity index (χ4v) is 1.98. The van der Waals surface area contributed by atoms with Crippen molar-refractivity contribution in [3.05, 3.63) is 42.2 Å². The summed E-state index contributed by atoms with van der Waals surface area (Å²) in [5.74, 6) is -2.73. The molecule has 1 aromatic heterocycles. The molecule has 23 heavy (non-hydrogen) atoms. The quantitative estimate of drug-likeness (QED) is 0.935. The maximum atomic E-state index is 13.5. The van der Waals surface area contributed by atoms with Gasteiger partial charge in [-0.05, 0) is 12.1 Å². The maximum absolute atomic E-state index is 13.5. The number of urea groups is 1. The summed E-state index contributed by atoms with van der Waals surface area (Å²) >= 11 is 0. The second kappa shape index (κ2) is 5.95. The highest BCUT2D eigenvalue weighted by molar-refractivity contribution is 6.05. The molecule has 1 aliphatic rings. The zero-order valence-electron chi connectivity index (χ0n) is 11.6. The number of carbonyl (C=O) groups excluding carboxylic acids is 2. The summed E-state index contributed by atoms with van der Waals surface area (Å²) in [7, 11) is 0. The van der Waals surface area contributed by atoms with E-state index in [2.05, 4.69) is 15.3 Å². The van der Waals surface area contributed by atoms with Gasteiger partial charge in [-0.2, -0.15) is 0 Å². The van der Waals surface area contributed by atoms with Gasteiger partial charge in [0.15, 0.2) is 11.6 Å². The maximum Gasteiger partial charge on any atom is 0.328 e. The fourth-order valence-electron chi connectivity index (χ4n) is 1.98. The van der Waals surface area contributed by atoms with Crippen molar-refractivity contribution in [1.29, 1.82) is 0 Å². The first-order chi connectivity index (χ1) is 11.0. The first-order valence-electron chi connectivity index (χ1n) is 6.60. The van der Waals surface area contributed by atoms with Crippen molar-refractivity contribution in [1.82, 2.24) is 15.3 Å². The Balaban J connectivity index is 1.77. The third-order valence-corrected chi connectivity index (χ3v) is 3.09. The number of nitrogens with zero attached hydrogens (tertiary/aromatic N) is 3. The number of amides is 3. The Hall–Kier alpha value is -3.10. The number of hydrogen-bond acceptors (Lipinski definition) is 5. The summed E-state index contributed by atoms with van der Waals surface area (Å²) in [5, 5.41) is 2.16. The molecule has 9 heteroatoms. The van der Waals surface area contributed by atoms with Gasteiger partial charge in [-0.25, -0.2) is 23.5 Å². The molecule has 7 nitrogen and oxygen atoms in total. The average molecular weight is 320 g/mol. The first-order valence-corrected chi connectivity index (χ1v) is 6.60. The van der Waals surface area contributed by atoms with E-state index in [1.54, 1.807) is 0 Å². The van der Waals surface area contributed by atoms with Gasteiger partial charge in [-0.15, -0.1) is 0 Å². The molecule has 2 heterocycles. The van der Waals surface area contributed by atoms with E-state index in [0.29, 0.717) is 5.69 Å². The summed E-state index contributed by atoms with van der Waals surface area (Å²) in [4.78, 5) is 31.7. The highest BCUT2D eigenvalue weighted by Crippen LogP contribution is 2.25. The van der Waals surface area contributed by atoms with Crippen LogP contribution in [0, 0.1) is 11.6 Å². The summed E-state index contributed by atoms with van der Waals surface area (Å²) in [6.45, 7) is 0.191. The summed E-state index contributed by atoms with van der Waals surface area (Å²) in [5.41, 5.74) is 0.330. The number of nitrogens with one attached hydrogen (secondary N) is 1. The van der Waals surface area contributed by atoms with Crippen LogP contribution in [0.5, 0.6) is 11.8 Å². The van der Waals surface area contributed by atoms with E-state index in [4.69, 9.17) is 4.74 Å². The molecule has 0 aliphatic carbocycles. The third-order valence-electron chi connectivity index (χ3n) is 3.09. The van der Waals surface area contributed by atoms with Gasteiger partial charge in [0, 0.05) is 13.0 Å². The van der Waals surface area contributed by atoms with E-state index in [-0.39, 0.29) is 24.9 Å². The number of hydrogen-bond donors (Lipinski definition) is 1. The molecule has 0 bridgehead atoms. The summed E-state index contributed by atoms with van der Waals surface area (Å²) in [6, 6.07) is 2.44. The largest absolute Gasteiger partial charge is 0.418 e. The molecule has 3 rings (SSSR count). The van der Waals surface area contributed by atoms with Crippen molar-refractivity contribution < 1.29 is 23.1 Å². The standard InChI is InChI=1S/C14H10F2N4O3/c15-9-2-1-3-10(16)12(9)23-13-17-6-8(7-18-13)20-5-4-11(21)19-14(20)22/h1-3,6-7H,4-5H2,(H,19,21,22). The minimum absolute atomic E-state index is 0.157. The lowest BCUT2D eigenvalue weighted by molar-refractivity contribution is -0.120. The second-order valence-electron chi connectivity index (χ2n) is 4.63. The lowest BCUT2D eigenvalue weighted by Gasteiger charge is -2.25. The Bertz CT molecular complexity index is 747. The molecule has 0 spiro atoms. The monoisotopic (exact) mass is 320 g/mol. The first kappa shape index (κ1) is 14.8. The van der Waals surface area contributed by atoms with Crippen LogP contribution < -0.4 is 15.0 Å². The SMILES string of the molecule is O=C1CCN(c2cnc(Oc3c(F)cccc3F)nc2)C(=O)N1. The predicted molar refractivity (Wildman–Crippen MR) is 74.0 cm³/mol. The van der Waals surface area contributed by atoms with Crippen LogP contribution in [0.2, 0.25) is 0 Å². The molecule has 118 valence electrons. The van der Waals surface area contributed by atoms with Crippen LogP contribution >= 0.6 is 0 Å². The zero-order valence-corrected chi connectivity index (χ0v) is 11.6. The topological polar surface area (TPSA) is 84.4 Å². The van der Waals surface area contributed by atoms with Gasteiger partial charge in [0.05, 0.1) is 18.1 Å². The van der Waals surface area contributed by atoms with Crippen LogP contribution in [0.25, 0.3) is 0 Å². The second-order valence-corrected chi connectivity index (χ2v) is 4.63. The number of anilines is 1. The zero-order chi connectivity index (χ0) is 16.4. The van der Waals surface area contributed by atoms with E-state index in [9.17, 15) is 18.4 Å². The smallest absolute Gasteiger partial charge is 0.328 e. The number of para-hydroxylation sites is 1. The number of carbonyl (C=O) groups is 2. The molecule has 0 radical (unpaired) electrons. The molecular formula is C14H10F2N4O3. The molecule has 1 fully saturated rings. The van der Waals surface area contributed by atoms with Gasteiger partial charge in [0.2, 0.25) is 11.7 Å². The fraction of sp³-hybridized carbons (Fsp3) is 0.143. The van der Waals surface area contributed by atoms with Crippen molar-refractivity contribution in [2.75, 3.05) is 11.4 Å². The van der Waals surface area contributed by atoms with Crippen molar-refractivity contribution in [2.24, 2.45) is 0 Å². The molecule has 1 aliphatic heterocycles. The Morgan fingerprint density at radius 1 is 1.13 bits per heavy atom. The lowest BCUT2D eigenvalue weighted by Crippen LogP contribution is -2.49. The Morgan fingerprint density at radius 3 is 2.39 bits per heavy atom. The van der Waals surface area contributed by atoms with Crippen LogP contribution in [0.1, 0.15) is 6.42 Å². The highest BCUT2D eigenvalue weighted by Gasteiger charge is 2.24. The van der Waals surface area contributed by atoms with Crippen LogP contribution in [0.3, 0.4) is 0 Å². The molecule has 0 unspecified atom stereocenters. The lowest BCUT2D eigenvalue weighted by atomic mass is 10.3. The minimum Gasteiger partial charge on any atom is -0.418 e. The van der Waals surface area contributed by atoms with E-state index in [0.717, 1.165) is 12.1 Å². The van der Waals surface area contributed by atoms with Crippen LogP contribution in [-0.4, -0.2) is 28.5 Å². The normalized spacial score (nSPS) is 14.6. The summed E-state index contributed by atoms with van der Waals surface area (Å²) in [6.07, 6.45) is 2.68. The Kier molecular flexibility index (Phi) is 3.83. The molecule has 0 atom stereocenters. The van der Waals surface area contributed by atoms with Crippen molar-refractivity contribution in [2.45, 2.75) is 6.42 Å². The number of aromatic nitrogens is 2. The van der Waals surface area contributed by atoms with Crippen molar-refractivity contribution in [3.8, 4) is 11.8 Å². The number of imide groups is 1. The van der Waals surface area contributed by atoms with Gasteiger partial charge < -0.3 is 4.74 Å². The van der Waals surface area contributed by atoms with Crippen LogP contribution in [0.4, 0.5) is 19.3 Å². The highest BCUT2D eigenvalue weighted by atomic mass is 19.1. The van der Waals surface area contributed by atoms with Crippen LogP contribution in [-0.2, 0) is 4.79 Å². The van der Waals surface area contributed by atoms with Crippen molar-refractivity contribution in [3.63, 3.8) is 0 Å². The van der Waals surface area contributed by atoms with Gasteiger partial charge >= 0.3 is 12.0 Å². The Labute approximate surface area is 128 Å². The number of benzene rings is 1. The average Bonchev–Trinajstić information content (AvgIpc) is 2.52. The van der Waals surface area contributed by atoms with E-state index >= 15 is 0 Å². The van der Waals surface area contributed by atoms with Crippen LogP contribution in [0.15, 0.2) is 30.6 Å². The van der Waals surface area contributed by atoms with Gasteiger partial charge in [-0.3, -0.25) is 15.0 Å². The minimum atomic E-state index is -0.883. The third kappa shape index (κ3) is 3.07. The molecule has 1 aromatic carbocycles. The summed E-state index contributed by atoms with van der Waals surface area (Å²) < 4.78 is 31.9. The van der Waals surface area contributed by atoms with E-state index in [1.165, 1.54) is 23.4 Å². The number of halogens is 2. The van der Waals surface area contributed by atoms with Gasteiger partial charge in [0.25, 0.3) is 0 Å². The predicted octanol–water partition coefficient (Wildman–Crippen LogP) is 1.99. The number of rotatable bonds is 3. The van der Waals surface area contributed by atoms with Crippen molar-refractivity contribution >= 4 is 17.6 Å². The van der Waals surface area contributed by atoms with Gasteiger partial charge in [-0.1, -0.05) is 6.07 Å². The Morgan fingerprint density at radius 2 is 1.78 bits per heavy atom. The molecule has 0 saturated carbocycles. The molecule has 1 saturated heterocycles. The molecule has 1 N–H and O–H groups in total. The molecule has 3 amide bonds. The van der Waals surface area contributed by atoms with E-state index < -0.39 is 23.4 Å². The van der Waals surface area contributed by atoms with Gasteiger partial charge in [0.1, 0.15) is 0 Å².